The van der Waals surface area contributed by atoms with Gasteiger partial charge in [0.05, 0.1) is 6.10 Å². The summed E-state index contributed by atoms with van der Waals surface area (Å²) in [6.45, 7) is 0. The number of ether oxygens (including phenoxy) is 1. The Balaban J connectivity index is 2.52. The van der Waals surface area contributed by atoms with Gasteiger partial charge in [0.25, 0.3) is 0 Å². The molecule has 0 saturated heterocycles. The molecule has 1 aliphatic rings. The monoisotopic (exact) mass is 298 g/mol. The summed E-state index contributed by atoms with van der Waals surface area (Å²) < 4.78 is 5.54. The van der Waals surface area contributed by atoms with E-state index >= 15 is 0 Å². The van der Waals surface area contributed by atoms with E-state index in [-0.39, 0.29) is 0 Å². The van der Waals surface area contributed by atoms with E-state index in [0.717, 1.165) is 10.7 Å². The van der Waals surface area contributed by atoms with Crippen LogP contribution in [0.5, 0.6) is 0 Å². The summed E-state index contributed by atoms with van der Waals surface area (Å²) in [5.41, 5.74) is 0. The van der Waals surface area contributed by atoms with Crippen molar-refractivity contribution in [1.82, 2.24) is 0 Å². The molecule has 2 atom stereocenters. The minimum atomic E-state index is 0.456. The average Bonchev–Trinajstić information content (AvgIpc) is 2.16. The molecular formula is C9H16Br2O. The first-order valence-electron chi connectivity index (χ1n) is 4.48. The second kappa shape index (κ2) is 5.61. The molecule has 0 bridgehead atoms. The highest BCUT2D eigenvalue weighted by Gasteiger charge is 2.31. The summed E-state index contributed by atoms with van der Waals surface area (Å²) in [6.07, 6.45) is 4.44. The highest BCUT2D eigenvalue weighted by Crippen LogP contribution is 2.33. The lowest BCUT2D eigenvalue weighted by Crippen LogP contribution is -2.36. The lowest BCUT2D eigenvalue weighted by Gasteiger charge is -2.35. The molecule has 1 rings (SSSR count). The Labute approximate surface area is 91.5 Å². The van der Waals surface area contributed by atoms with Gasteiger partial charge < -0.3 is 4.74 Å². The van der Waals surface area contributed by atoms with E-state index in [4.69, 9.17) is 4.74 Å². The van der Waals surface area contributed by atoms with Crippen molar-refractivity contribution in [2.75, 3.05) is 17.8 Å². The van der Waals surface area contributed by atoms with E-state index in [1.54, 1.807) is 0 Å². The first-order chi connectivity index (χ1) is 5.83. The second-order valence-electron chi connectivity index (χ2n) is 3.46. The lowest BCUT2D eigenvalue weighted by atomic mass is 9.80. The van der Waals surface area contributed by atoms with Crippen molar-refractivity contribution in [1.29, 1.82) is 0 Å². The SMILES string of the molecule is COC1C(CBr)CCCC1CBr. The number of hydrogen-bond donors (Lipinski definition) is 0. The minimum absolute atomic E-state index is 0.456. The summed E-state index contributed by atoms with van der Waals surface area (Å²) in [4.78, 5) is 0. The Morgan fingerprint density at radius 3 is 2.00 bits per heavy atom. The maximum absolute atomic E-state index is 5.54. The standard InChI is InChI=1S/C9H16Br2O/c1-12-9-7(5-10)3-2-4-8(9)6-11/h7-9H,2-6H2,1H3. The Morgan fingerprint density at radius 1 is 1.17 bits per heavy atom. The van der Waals surface area contributed by atoms with Gasteiger partial charge in [0, 0.05) is 17.8 Å². The molecule has 1 saturated carbocycles. The Kier molecular flexibility index (Phi) is 5.14. The van der Waals surface area contributed by atoms with Crippen LogP contribution in [0.3, 0.4) is 0 Å². The molecule has 0 aliphatic heterocycles. The van der Waals surface area contributed by atoms with Crippen molar-refractivity contribution in [3.05, 3.63) is 0 Å². The third-order valence-corrected chi connectivity index (χ3v) is 4.41. The molecule has 3 heteroatoms. The van der Waals surface area contributed by atoms with Gasteiger partial charge in [-0.05, 0) is 24.7 Å². The van der Waals surface area contributed by atoms with Crippen molar-refractivity contribution in [3.63, 3.8) is 0 Å². The van der Waals surface area contributed by atoms with Gasteiger partial charge in [0.15, 0.2) is 0 Å². The lowest BCUT2D eigenvalue weighted by molar-refractivity contribution is -0.00275. The Morgan fingerprint density at radius 2 is 1.67 bits per heavy atom. The normalized spacial score (nSPS) is 36.8. The summed E-state index contributed by atoms with van der Waals surface area (Å²) in [7, 11) is 1.83. The summed E-state index contributed by atoms with van der Waals surface area (Å²) in [5.74, 6) is 1.43. The summed E-state index contributed by atoms with van der Waals surface area (Å²) in [6, 6.07) is 0. The van der Waals surface area contributed by atoms with Crippen LogP contribution in [0.4, 0.5) is 0 Å². The highest BCUT2D eigenvalue weighted by molar-refractivity contribution is 9.09. The van der Waals surface area contributed by atoms with Crippen molar-refractivity contribution in [3.8, 4) is 0 Å². The Bertz CT molecular complexity index is 118. The molecule has 0 N–H and O–H groups in total. The second-order valence-corrected chi connectivity index (χ2v) is 4.75. The van der Waals surface area contributed by atoms with E-state index in [2.05, 4.69) is 31.9 Å². The van der Waals surface area contributed by atoms with Gasteiger partial charge >= 0.3 is 0 Å². The predicted molar refractivity (Wildman–Crippen MR) is 59.2 cm³/mol. The zero-order valence-electron chi connectivity index (χ0n) is 7.43. The van der Waals surface area contributed by atoms with Crippen molar-refractivity contribution < 1.29 is 4.74 Å². The fraction of sp³-hybridized carbons (Fsp3) is 1.00. The van der Waals surface area contributed by atoms with Crippen LogP contribution < -0.4 is 0 Å². The van der Waals surface area contributed by atoms with Crippen LogP contribution in [0, 0.1) is 11.8 Å². The van der Waals surface area contributed by atoms with E-state index < -0.39 is 0 Å². The highest BCUT2D eigenvalue weighted by atomic mass is 79.9. The molecule has 0 spiro atoms. The maximum atomic E-state index is 5.54. The molecule has 0 aromatic heterocycles. The molecule has 0 heterocycles. The first-order valence-corrected chi connectivity index (χ1v) is 6.72. The van der Waals surface area contributed by atoms with Gasteiger partial charge in [0.2, 0.25) is 0 Å². The molecule has 72 valence electrons. The zero-order chi connectivity index (χ0) is 8.97. The molecule has 2 unspecified atom stereocenters. The molecule has 0 aromatic rings. The number of hydrogen-bond acceptors (Lipinski definition) is 1. The fourth-order valence-corrected chi connectivity index (χ4v) is 3.45. The van der Waals surface area contributed by atoms with Crippen LogP contribution in [0.2, 0.25) is 0 Å². The number of rotatable bonds is 3. The topological polar surface area (TPSA) is 9.23 Å². The fourth-order valence-electron chi connectivity index (χ4n) is 2.07. The zero-order valence-corrected chi connectivity index (χ0v) is 10.6. The quantitative estimate of drug-likeness (QED) is 0.727. The molecule has 1 aliphatic carbocycles. The maximum Gasteiger partial charge on any atom is 0.0643 e. The smallest absolute Gasteiger partial charge is 0.0643 e. The van der Waals surface area contributed by atoms with Gasteiger partial charge in [-0.15, -0.1) is 0 Å². The van der Waals surface area contributed by atoms with Crippen molar-refractivity contribution in [2.24, 2.45) is 11.8 Å². The molecule has 0 radical (unpaired) electrons. The summed E-state index contributed by atoms with van der Waals surface area (Å²) in [5, 5.41) is 2.16. The van der Waals surface area contributed by atoms with Crippen molar-refractivity contribution >= 4 is 31.9 Å². The first kappa shape index (κ1) is 11.0. The molecule has 0 amide bonds. The van der Waals surface area contributed by atoms with E-state index in [9.17, 15) is 0 Å². The number of halogens is 2. The number of methoxy groups -OCH3 is 1. The molecule has 12 heavy (non-hydrogen) atoms. The van der Waals surface area contributed by atoms with Crippen LogP contribution in [0.1, 0.15) is 19.3 Å². The van der Waals surface area contributed by atoms with E-state index in [0.29, 0.717) is 17.9 Å². The van der Waals surface area contributed by atoms with E-state index in [1.807, 2.05) is 7.11 Å². The third kappa shape index (κ3) is 2.46. The van der Waals surface area contributed by atoms with Gasteiger partial charge in [-0.3, -0.25) is 0 Å². The van der Waals surface area contributed by atoms with Crippen LogP contribution in [-0.2, 0) is 4.74 Å². The Hall–Kier alpha value is 0.920. The largest absolute Gasteiger partial charge is 0.381 e. The van der Waals surface area contributed by atoms with E-state index in [1.165, 1.54) is 19.3 Å². The van der Waals surface area contributed by atoms with Crippen LogP contribution in [0.15, 0.2) is 0 Å². The predicted octanol–water partition coefficient (Wildman–Crippen LogP) is 3.21. The van der Waals surface area contributed by atoms with Gasteiger partial charge in [-0.2, -0.15) is 0 Å². The van der Waals surface area contributed by atoms with Gasteiger partial charge in [-0.1, -0.05) is 38.3 Å². The van der Waals surface area contributed by atoms with Crippen molar-refractivity contribution in [2.45, 2.75) is 25.4 Å². The average molecular weight is 300 g/mol. The van der Waals surface area contributed by atoms with Crippen LogP contribution >= 0.6 is 31.9 Å². The molecule has 0 aromatic carbocycles. The van der Waals surface area contributed by atoms with Crippen LogP contribution in [-0.4, -0.2) is 23.9 Å². The summed E-state index contributed by atoms with van der Waals surface area (Å²) >= 11 is 7.11. The number of alkyl halides is 2. The van der Waals surface area contributed by atoms with Gasteiger partial charge in [0.1, 0.15) is 0 Å². The van der Waals surface area contributed by atoms with Gasteiger partial charge in [-0.25, -0.2) is 0 Å². The molecular weight excluding hydrogens is 284 g/mol. The molecule has 1 nitrogen and oxygen atoms in total. The van der Waals surface area contributed by atoms with Crippen LogP contribution in [0.25, 0.3) is 0 Å². The minimum Gasteiger partial charge on any atom is -0.381 e. The third-order valence-electron chi connectivity index (χ3n) is 2.75. The molecule has 1 fully saturated rings.